The summed E-state index contributed by atoms with van der Waals surface area (Å²) in [5, 5.41) is 5.00. The standard InChI is InChI=1S/C14H11Cl2N3O2/c15-8-1-2-10(12(16)3-8)11-4-9(20)5-13(21)14(11)19-7-17-6-18-19/h1-3,6-7,11,14H,4-5H2/t11-,14-/m1/s1. The minimum atomic E-state index is -0.566. The minimum Gasteiger partial charge on any atom is -0.299 e. The maximum atomic E-state index is 12.3. The molecule has 3 rings (SSSR count). The number of hydrogen-bond acceptors (Lipinski definition) is 4. The molecule has 0 bridgehead atoms. The number of aromatic nitrogens is 3. The number of Topliss-reactive ketones (excluding diaryl/α,β-unsaturated/α-hetero) is 2. The third kappa shape index (κ3) is 2.71. The van der Waals surface area contributed by atoms with Crippen LogP contribution in [0.4, 0.5) is 0 Å². The lowest BCUT2D eigenvalue weighted by atomic mass is 9.78. The van der Waals surface area contributed by atoms with Gasteiger partial charge in [-0.3, -0.25) is 9.59 Å². The summed E-state index contributed by atoms with van der Waals surface area (Å²) in [4.78, 5) is 28.0. The Bertz CT molecular complexity index is 700. The van der Waals surface area contributed by atoms with Crippen LogP contribution in [-0.2, 0) is 9.59 Å². The molecule has 0 aliphatic heterocycles. The highest BCUT2D eigenvalue weighted by Crippen LogP contribution is 2.40. The first-order valence-corrected chi connectivity index (χ1v) is 7.15. The fourth-order valence-electron chi connectivity index (χ4n) is 2.73. The topological polar surface area (TPSA) is 64.8 Å². The molecule has 5 nitrogen and oxygen atoms in total. The van der Waals surface area contributed by atoms with Gasteiger partial charge in [-0.1, -0.05) is 29.3 Å². The van der Waals surface area contributed by atoms with Crippen LogP contribution in [0.15, 0.2) is 30.9 Å². The first-order chi connectivity index (χ1) is 10.1. The van der Waals surface area contributed by atoms with Gasteiger partial charge in [0.1, 0.15) is 24.5 Å². The maximum absolute atomic E-state index is 12.3. The predicted octanol–water partition coefficient (Wildman–Crippen LogP) is 2.84. The number of carbonyl (C=O) groups is 2. The van der Waals surface area contributed by atoms with E-state index in [1.165, 1.54) is 17.3 Å². The molecule has 1 heterocycles. The van der Waals surface area contributed by atoms with Gasteiger partial charge in [0.15, 0.2) is 5.78 Å². The SMILES string of the molecule is O=C1CC(=O)[C@H](n2cncn2)[C@@H](c2ccc(Cl)cc2Cl)C1. The van der Waals surface area contributed by atoms with E-state index in [4.69, 9.17) is 23.2 Å². The lowest BCUT2D eigenvalue weighted by Gasteiger charge is -2.30. The lowest BCUT2D eigenvalue weighted by molar-refractivity contribution is -0.133. The summed E-state index contributed by atoms with van der Waals surface area (Å²) in [5.41, 5.74) is 0.725. The number of nitrogens with zero attached hydrogens (tertiary/aromatic N) is 3. The van der Waals surface area contributed by atoms with Crippen LogP contribution in [0.3, 0.4) is 0 Å². The molecule has 1 aliphatic carbocycles. The summed E-state index contributed by atoms with van der Waals surface area (Å²) in [6, 6.07) is 4.50. The molecule has 1 aliphatic rings. The van der Waals surface area contributed by atoms with E-state index in [2.05, 4.69) is 10.1 Å². The predicted molar refractivity (Wildman–Crippen MR) is 77.5 cm³/mol. The van der Waals surface area contributed by atoms with Crippen LogP contribution in [0.2, 0.25) is 10.0 Å². The minimum absolute atomic E-state index is 0.0771. The van der Waals surface area contributed by atoms with Gasteiger partial charge in [0.25, 0.3) is 0 Å². The second-order valence-corrected chi connectivity index (χ2v) is 5.82. The van der Waals surface area contributed by atoms with Crippen molar-refractivity contribution in [3.8, 4) is 0 Å². The van der Waals surface area contributed by atoms with Gasteiger partial charge in [-0.2, -0.15) is 5.10 Å². The summed E-state index contributed by atoms with van der Waals surface area (Å²) < 4.78 is 1.49. The third-order valence-electron chi connectivity index (χ3n) is 3.61. The monoisotopic (exact) mass is 323 g/mol. The smallest absolute Gasteiger partial charge is 0.165 e. The Kier molecular flexibility index (Phi) is 3.78. The molecular weight excluding hydrogens is 313 g/mol. The molecule has 2 atom stereocenters. The van der Waals surface area contributed by atoms with E-state index in [0.29, 0.717) is 10.0 Å². The number of hydrogen-bond donors (Lipinski definition) is 0. The number of carbonyl (C=O) groups excluding carboxylic acids is 2. The molecule has 0 spiro atoms. The van der Waals surface area contributed by atoms with E-state index in [0.717, 1.165) is 5.56 Å². The van der Waals surface area contributed by atoms with Crippen LogP contribution in [0.25, 0.3) is 0 Å². The number of benzene rings is 1. The first kappa shape index (κ1) is 14.2. The quantitative estimate of drug-likeness (QED) is 0.797. The zero-order chi connectivity index (χ0) is 15.0. The fraction of sp³-hybridized carbons (Fsp3) is 0.286. The Morgan fingerprint density at radius 2 is 2.05 bits per heavy atom. The molecule has 0 unspecified atom stereocenters. The van der Waals surface area contributed by atoms with E-state index in [9.17, 15) is 9.59 Å². The molecule has 2 aromatic rings. The van der Waals surface area contributed by atoms with Crippen LogP contribution in [0, 0.1) is 0 Å². The highest BCUT2D eigenvalue weighted by atomic mass is 35.5. The molecule has 21 heavy (non-hydrogen) atoms. The van der Waals surface area contributed by atoms with Gasteiger partial charge in [0, 0.05) is 22.4 Å². The van der Waals surface area contributed by atoms with E-state index < -0.39 is 6.04 Å². The van der Waals surface area contributed by atoms with Crippen molar-refractivity contribution in [3.05, 3.63) is 46.5 Å². The summed E-state index contributed by atoms with van der Waals surface area (Å²) >= 11 is 12.1. The van der Waals surface area contributed by atoms with Gasteiger partial charge < -0.3 is 0 Å². The van der Waals surface area contributed by atoms with Crippen molar-refractivity contribution in [2.24, 2.45) is 0 Å². The van der Waals surface area contributed by atoms with E-state index in [1.54, 1.807) is 18.2 Å². The van der Waals surface area contributed by atoms with E-state index in [1.807, 2.05) is 0 Å². The zero-order valence-corrected chi connectivity index (χ0v) is 12.4. The largest absolute Gasteiger partial charge is 0.299 e. The molecule has 1 aromatic carbocycles. The number of rotatable bonds is 2. The summed E-state index contributed by atoms with van der Waals surface area (Å²) in [6.07, 6.45) is 3.02. The van der Waals surface area contributed by atoms with Crippen LogP contribution in [-0.4, -0.2) is 26.3 Å². The van der Waals surface area contributed by atoms with E-state index >= 15 is 0 Å². The Labute approximate surface area is 130 Å². The molecule has 7 heteroatoms. The van der Waals surface area contributed by atoms with Gasteiger partial charge in [-0.25, -0.2) is 9.67 Å². The van der Waals surface area contributed by atoms with Gasteiger partial charge in [0.2, 0.25) is 0 Å². The Hall–Kier alpha value is -1.72. The molecule has 108 valence electrons. The second kappa shape index (κ2) is 5.58. The molecular formula is C14H11Cl2N3O2. The summed E-state index contributed by atoms with van der Waals surface area (Å²) in [5.74, 6) is -0.620. The zero-order valence-electron chi connectivity index (χ0n) is 10.9. The van der Waals surface area contributed by atoms with Crippen LogP contribution in [0.5, 0.6) is 0 Å². The number of halogens is 2. The average Bonchev–Trinajstić information content (AvgIpc) is 2.91. The Morgan fingerprint density at radius 3 is 2.71 bits per heavy atom. The van der Waals surface area contributed by atoms with Crippen molar-refractivity contribution in [2.45, 2.75) is 24.8 Å². The fourth-order valence-corrected chi connectivity index (χ4v) is 3.28. The normalized spacial score (nSPS) is 22.6. The summed E-state index contributed by atoms with van der Waals surface area (Å²) in [6.45, 7) is 0. The number of ketones is 2. The molecule has 0 radical (unpaired) electrons. The molecule has 1 saturated carbocycles. The summed E-state index contributed by atoms with van der Waals surface area (Å²) in [7, 11) is 0. The van der Waals surface area contributed by atoms with Crippen LogP contribution >= 0.6 is 23.2 Å². The van der Waals surface area contributed by atoms with Gasteiger partial charge >= 0.3 is 0 Å². The van der Waals surface area contributed by atoms with Crippen molar-refractivity contribution in [1.29, 1.82) is 0 Å². The highest BCUT2D eigenvalue weighted by Gasteiger charge is 2.39. The Morgan fingerprint density at radius 1 is 1.24 bits per heavy atom. The second-order valence-electron chi connectivity index (χ2n) is 4.98. The van der Waals surface area contributed by atoms with Gasteiger partial charge in [-0.15, -0.1) is 0 Å². The first-order valence-electron chi connectivity index (χ1n) is 6.39. The van der Waals surface area contributed by atoms with Gasteiger partial charge in [-0.05, 0) is 17.7 Å². The van der Waals surface area contributed by atoms with Gasteiger partial charge in [0.05, 0.1) is 6.42 Å². The average molecular weight is 324 g/mol. The molecule has 1 aromatic heterocycles. The van der Waals surface area contributed by atoms with Crippen molar-refractivity contribution < 1.29 is 9.59 Å². The van der Waals surface area contributed by atoms with E-state index in [-0.39, 0.29) is 30.3 Å². The van der Waals surface area contributed by atoms with Crippen LogP contribution in [0.1, 0.15) is 30.4 Å². The molecule has 0 saturated heterocycles. The van der Waals surface area contributed by atoms with Crippen molar-refractivity contribution in [1.82, 2.24) is 14.8 Å². The van der Waals surface area contributed by atoms with Crippen molar-refractivity contribution >= 4 is 34.8 Å². The highest BCUT2D eigenvalue weighted by molar-refractivity contribution is 6.35. The lowest BCUT2D eigenvalue weighted by Crippen LogP contribution is -2.34. The third-order valence-corrected chi connectivity index (χ3v) is 4.18. The maximum Gasteiger partial charge on any atom is 0.165 e. The van der Waals surface area contributed by atoms with Crippen molar-refractivity contribution in [3.63, 3.8) is 0 Å². The van der Waals surface area contributed by atoms with Crippen molar-refractivity contribution in [2.75, 3.05) is 0 Å². The molecule has 1 fully saturated rings. The molecule has 0 N–H and O–H groups in total. The molecule has 0 amide bonds. The Balaban J connectivity index is 2.07. The van der Waals surface area contributed by atoms with Crippen LogP contribution < -0.4 is 0 Å².